The summed E-state index contributed by atoms with van der Waals surface area (Å²) in [6.45, 7) is 9.54. The molecule has 0 spiro atoms. The van der Waals surface area contributed by atoms with Crippen molar-refractivity contribution in [2.75, 3.05) is 38.0 Å². The molecule has 1 fully saturated rings. The first-order valence-electron chi connectivity index (χ1n) is 7.34. The summed E-state index contributed by atoms with van der Waals surface area (Å²) in [5, 5.41) is 15.9. The third-order valence-corrected chi connectivity index (χ3v) is 3.73. The van der Waals surface area contributed by atoms with Gasteiger partial charge in [-0.3, -0.25) is 19.9 Å². The fourth-order valence-corrected chi connectivity index (χ4v) is 2.52. The maximum atomic E-state index is 12.2. The van der Waals surface area contributed by atoms with Gasteiger partial charge in [0, 0.05) is 38.8 Å². The van der Waals surface area contributed by atoms with Crippen LogP contribution in [-0.4, -0.2) is 70.8 Å². The molecule has 7 heteroatoms. The first-order chi connectivity index (χ1) is 9.95. The minimum absolute atomic E-state index is 0.0878. The summed E-state index contributed by atoms with van der Waals surface area (Å²) in [5.41, 5.74) is 0.740. The normalized spacial score (nSPS) is 20.2. The van der Waals surface area contributed by atoms with Gasteiger partial charge in [-0.25, -0.2) is 0 Å². The second-order valence-corrected chi connectivity index (χ2v) is 5.68. The van der Waals surface area contributed by atoms with Crippen LogP contribution in [-0.2, 0) is 4.79 Å². The Kier molecular flexibility index (Phi) is 5.33. The SMILES string of the molecule is Cc1cc(NC(=O)C(C)N2CCN(CC(C)O)CC2)on1. The van der Waals surface area contributed by atoms with Crippen LogP contribution in [0.5, 0.6) is 0 Å². The molecule has 0 bridgehead atoms. The van der Waals surface area contributed by atoms with E-state index in [1.54, 1.807) is 13.0 Å². The molecule has 0 aliphatic carbocycles. The van der Waals surface area contributed by atoms with E-state index < -0.39 is 0 Å². The first-order valence-corrected chi connectivity index (χ1v) is 7.34. The maximum absolute atomic E-state index is 12.2. The molecule has 21 heavy (non-hydrogen) atoms. The van der Waals surface area contributed by atoms with Crippen molar-refractivity contribution in [1.29, 1.82) is 0 Å². The van der Waals surface area contributed by atoms with Gasteiger partial charge in [-0.05, 0) is 20.8 Å². The average Bonchev–Trinajstić information content (AvgIpc) is 2.83. The van der Waals surface area contributed by atoms with Crippen molar-refractivity contribution in [1.82, 2.24) is 15.0 Å². The van der Waals surface area contributed by atoms with Crippen molar-refractivity contribution in [3.8, 4) is 0 Å². The number of hydrogen-bond donors (Lipinski definition) is 2. The minimum Gasteiger partial charge on any atom is -0.392 e. The van der Waals surface area contributed by atoms with E-state index in [0.29, 0.717) is 12.4 Å². The predicted octanol–water partition coefficient (Wildman–Crippen LogP) is 0.308. The molecular formula is C14H24N4O3. The number of rotatable bonds is 5. The monoisotopic (exact) mass is 296 g/mol. The van der Waals surface area contributed by atoms with Crippen LogP contribution in [0.25, 0.3) is 0 Å². The van der Waals surface area contributed by atoms with Gasteiger partial charge in [0.05, 0.1) is 17.8 Å². The van der Waals surface area contributed by atoms with Gasteiger partial charge >= 0.3 is 0 Å². The summed E-state index contributed by atoms with van der Waals surface area (Å²) in [5.74, 6) is 0.298. The van der Waals surface area contributed by atoms with Crippen LogP contribution in [0.15, 0.2) is 10.6 Å². The number of piperazine rings is 1. The smallest absolute Gasteiger partial charge is 0.243 e. The van der Waals surface area contributed by atoms with Crippen LogP contribution < -0.4 is 5.32 Å². The van der Waals surface area contributed by atoms with Gasteiger partial charge in [-0.1, -0.05) is 5.16 Å². The number of carbonyl (C=O) groups excluding carboxylic acids is 1. The number of nitrogens with one attached hydrogen (secondary N) is 1. The fraction of sp³-hybridized carbons (Fsp3) is 0.714. The van der Waals surface area contributed by atoms with Crippen molar-refractivity contribution in [3.63, 3.8) is 0 Å². The quantitative estimate of drug-likeness (QED) is 0.814. The van der Waals surface area contributed by atoms with Gasteiger partial charge in [0.1, 0.15) is 0 Å². The lowest BCUT2D eigenvalue weighted by molar-refractivity contribution is -0.121. The number of carbonyl (C=O) groups is 1. The highest BCUT2D eigenvalue weighted by Gasteiger charge is 2.26. The molecule has 2 N–H and O–H groups in total. The zero-order valence-electron chi connectivity index (χ0n) is 12.9. The molecule has 0 saturated carbocycles. The van der Waals surface area contributed by atoms with Crippen molar-refractivity contribution in [2.24, 2.45) is 0 Å². The Morgan fingerprint density at radius 1 is 1.43 bits per heavy atom. The first kappa shape index (κ1) is 15.9. The number of hydrogen-bond acceptors (Lipinski definition) is 6. The lowest BCUT2D eigenvalue weighted by Gasteiger charge is -2.37. The number of β-amino-alcohol motifs (C(OH)–C–C–N with tert-alkyl or cyclic N) is 1. The number of anilines is 1. The molecule has 1 aromatic heterocycles. The summed E-state index contributed by atoms with van der Waals surface area (Å²) < 4.78 is 5.00. The largest absolute Gasteiger partial charge is 0.392 e. The predicted molar refractivity (Wildman–Crippen MR) is 79.0 cm³/mol. The second-order valence-electron chi connectivity index (χ2n) is 5.68. The molecule has 1 saturated heterocycles. The molecular weight excluding hydrogens is 272 g/mol. The third kappa shape index (κ3) is 4.52. The van der Waals surface area contributed by atoms with Crippen LogP contribution in [0.4, 0.5) is 5.88 Å². The average molecular weight is 296 g/mol. The van der Waals surface area contributed by atoms with Crippen molar-refractivity contribution in [2.45, 2.75) is 32.9 Å². The van der Waals surface area contributed by atoms with Gasteiger partial charge in [0.25, 0.3) is 0 Å². The van der Waals surface area contributed by atoms with Crippen molar-refractivity contribution < 1.29 is 14.4 Å². The second kappa shape index (κ2) is 7.02. The summed E-state index contributed by atoms with van der Waals surface area (Å²) >= 11 is 0. The lowest BCUT2D eigenvalue weighted by atomic mass is 10.2. The molecule has 1 amide bonds. The highest BCUT2D eigenvalue weighted by molar-refractivity contribution is 5.93. The number of aromatic nitrogens is 1. The number of aliphatic hydroxyl groups is 1. The van der Waals surface area contributed by atoms with Crippen molar-refractivity contribution >= 4 is 11.8 Å². The summed E-state index contributed by atoms with van der Waals surface area (Å²) in [6.07, 6.45) is -0.313. The minimum atomic E-state index is -0.313. The fourth-order valence-electron chi connectivity index (χ4n) is 2.52. The molecule has 1 aliphatic heterocycles. The molecule has 2 rings (SSSR count). The Bertz CT molecular complexity index is 467. The lowest BCUT2D eigenvalue weighted by Crippen LogP contribution is -2.53. The number of aryl methyl sites for hydroxylation is 1. The van der Waals surface area contributed by atoms with Gasteiger partial charge in [0.2, 0.25) is 11.8 Å². The zero-order chi connectivity index (χ0) is 15.4. The van der Waals surface area contributed by atoms with Crippen LogP contribution in [0.2, 0.25) is 0 Å². The van der Waals surface area contributed by atoms with E-state index in [9.17, 15) is 9.90 Å². The molecule has 0 aromatic carbocycles. The summed E-state index contributed by atoms with van der Waals surface area (Å²) in [7, 11) is 0. The van der Waals surface area contributed by atoms with E-state index in [4.69, 9.17) is 4.52 Å². The van der Waals surface area contributed by atoms with E-state index >= 15 is 0 Å². The molecule has 118 valence electrons. The van der Waals surface area contributed by atoms with Gasteiger partial charge in [0.15, 0.2) is 0 Å². The molecule has 7 nitrogen and oxygen atoms in total. The molecule has 2 unspecified atom stereocenters. The molecule has 0 radical (unpaired) electrons. The van der Waals surface area contributed by atoms with E-state index in [1.807, 2.05) is 13.8 Å². The number of aliphatic hydroxyl groups excluding tert-OH is 1. The Labute approximate surface area is 124 Å². The van der Waals surface area contributed by atoms with E-state index in [0.717, 1.165) is 31.9 Å². The van der Waals surface area contributed by atoms with Crippen LogP contribution in [0, 0.1) is 6.92 Å². The standard InChI is InChI=1S/C14H24N4O3/c1-10-8-13(21-16-10)15-14(20)12(3)18-6-4-17(5-7-18)9-11(2)19/h8,11-12,19H,4-7,9H2,1-3H3,(H,15,20). The molecule has 2 heterocycles. The van der Waals surface area contributed by atoms with Gasteiger partial charge in [-0.15, -0.1) is 0 Å². The highest BCUT2D eigenvalue weighted by atomic mass is 16.5. The topological polar surface area (TPSA) is 81.8 Å². The van der Waals surface area contributed by atoms with E-state index in [2.05, 4.69) is 20.3 Å². The van der Waals surface area contributed by atoms with Crippen LogP contribution in [0.3, 0.4) is 0 Å². The Morgan fingerprint density at radius 3 is 2.62 bits per heavy atom. The number of amides is 1. The van der Waals surface area contributed by atoms with Crippen LogP contribution in [0.1, 0.15) is 19.5 Å². The van der Waals surface area contributed by atoms with E-state index in [-0.39, 0.29) is 18.1 Å². The van der Waals surface area contributed by atoms with Crippen LogP contribution >= 0.6 is 0 Å². The Balaban J connectivity index is 1.81. The van der Waals surface area contributed by atoms with Gasteiger partial charge < -0.3 is 9.63 Å². The van der Waals surface area contributed by atoms with Gasteiger partial charge in [-0.2, -0.15) is 0 Å². The van der Waals surface area contributed by atoms with Crippen molar-refractivity contribution in [3.05, 3.63) is 11.8 Å². The maximum Gasteiger partial charge on any atom is 0.243 e. The number of nitrogens with zero attached hydrogens (tertiary/aromatic N) is 3. The third-order valence-electron chi connectivity index (χ3n) is 3.73. The summed E-state index contributed by atoms with van der Waals surface area (Å²) in [4.78, 5) is 16.5. The highest BCUT2D eigenvalue weighted by Crippen LogP contribution is 2.12. The van der Waals surface area contributed by atoms with E-state index in [1.165, 1.54) is 0 Å². The Hall–Kier alpha value is -1.44. The molecule has 2 atom stereocenters. The molecule has 1 aliphatic rings. The Morgan fingerprint density at radius 2 is 2.10 bits per heavy atom. The zero-order valence-corrected chi connectivity index (χ0v) is 12.9. The summed E-state index contributed by atoms with van der Waals surface area (Å²) in [6, 6.07) is 1.48. The molecule has 1 aromatic rings.